The number of anilines is 1. The monoisotopic (exact) mass is 313 g/mol. The molecule has 2 saturated carbocycles. The van der Waals surface area contributed by atoms with E-state index in [4.69, 9.17) is 4.74 Å². The average molecular weight is 313 g/mol. The van der Waals surface area contributed by atoms with E-state index in [0.717, 1.165) is 6.42 Å². The van der Waals surface area contributed by atoms with E-state index in [0.29, 0.717) is 23.3 Å². The zero-order valence-corrected chi connectivity index (χ0v) is 12.8. The smallest absolute Gasteiger partial charge is 0.307 e. The Labute approximate surface area is 134 Å². The number of para-hydroxylation sites is 2. The first kappa shape index (κ1) is 14.3. The van der Waals surface area contributed by atoms with Crippen molar-refractivity contribution in [3.8, 4) is 5.75 Å². The van der Waals surface area contributed by atoms with Crippen LogP contribution in [0.2, 0.25) is 0 Å². The molecule has 1 amide bonds. The molecule has 2 N–H and O–H groups in total. The maximum Gasteiger partial charge on any atom is 0.307 e. The second kappa shape index (κ2) is 5.11. The molecule has 0 spiro atoms. The van der Waals surface area contributed by atoms with Crippen molar-refractivity contribution in [3.05, 3.63) is 36.4 Å². The van der Waals surface area contributed by atoms with Gasteiger partial charge in [0.1, 0.15) is 5.75 Å². The Hall–Kier alpha value is -2.30. The lowest BCUT2D eigenvalue weighted by Gasteiger charge is -2.41. The number of carboxylic acids is 1. The van der Waals surface area contributed by atoms with Gasteiger partial charge in [-0.3, -0.25) is 9.59 Å². The topological polar surface area (TPSA) is 75.6 Å². The van der Waals surface area contributed by atoms with E-state index in [1.165, 1.54) is 0 Å². The maximum atomic E-state index is 12.8. The fourth-order valence-electron chi connectivity index (χ4n) is 4.53. The van der Waals surface area contributed by atoms with Crippen LogP contribution in [0.5, 0.6) is 5.75 Å². The summed E-state index contributed by atoms with van der Waals surface area (Å²) in [4.78, 5) is 24.6. The number of benzene rings is 1. The molecular weight excluding hydrogens is 294 g/mol. The van der Waals surface area contributed by atoms with E-state index in [1.54, 1.807) is 19.2 Å². The lowest BCUT2D eigenvalue weighted by molar-refractivity contribution is -0.152. The number of hydrogen-bond donors (Lipinski definition) is 2. The van der Waals surface area contributed by atoms with Gasteiger partial charge in [-0.05, 0) is 42.2 Å². The Bertz CT molecular complexity index is 698. The van der Waals surface area contributed by atoms with Crippen molar-refractivity contribution in [1.29, 1.82) is 0 Å². The maximum absolute atomic E-state index is 12.8. The first-order valence-electron chi connectivity index (χ1n) is 7.97. The van der Waals surface area contributed by atoms with Crippen LogP contribution in [0.15, 0.2) is 36.4 Å². The number of rotatable bonds is 4. The molecule has 5 rings (SSSR count). The SMILES string of the molecule is COc1ccccc1NC(=O)[C@H]1[C@@H]2C=C[C@H]([C@H]3C[C@H]23)[C@@H]1C(=O)O. The Balaban J connectivity index is 1.62. The van der Waals surface area contributed by atoms with Gasteiger partial charge in [0.05, 0.1) is 24.6 Å². The highest BCUT2D eigenvalue weighted by molar-refractivity contribution is 5.97. The van der Waals surface area contributed by atoms with Gasteiger partial charge in [-0.25, -0.2) is 0 Å². The largest absolute Gasteiger partial charge is 0.495 e. The molecular formula is C18H19NO4. The summed E-state index contributed by atoms with van der Waals surface area (Å²) < 4.78 is 5.25. The van der Waals surface area contributed by atoms with Crippen LogP contribution in [-0.2, 0) is 9.59 Å². The molecule has 1 aromatic carbocycles. The van der Waals surface area contributed by atoms with Gasteiger partial charge in [-0.1, -0.05) is 24.3 Å². The number of methoxy groups -OCH3 is 1. The standard InChI is InChI=1S/C18H19NO4/c1-23-14-5-3-2-4-13(14)19-17(20)15-9-6-7-10(12-8-11(9)12)16(15)18(21)22/h2-7,9-12,15-16H,8H2,1H3,(H,19,20)(H,21,22)/t9-,10-,11-,12-,15+,16+/m1/s1. The Morgan fingerprint density at radius 2 is 1.78 bits per heavy atom. The van der Waals surface area contributed by atoms with Gasteiger partial charge in [-0.15, -0.1) is 0 Å². The normalized spacial score (nSPS) is 36.2. The highest BCUT2D eigenvalue weighted by Gasteiger charge is 2.62. The molecule has 2 fully saturated rings. The van der Waals surface area contributed by atoms with Crippen molar-refractivity contribution < 1.29 is 19.4 Å². The van der Waals surface area contributed by atoms with Gasteiger partial charge in [0.25, 0.3) is 0 Å². The summed E-state index contributed by atoms with van der Waals surface area (Å²) in [5, 5.41) is 12.5. The molecule has 5 nitrogen and oxygen atoms in total. The van der Waals surface area contributed by atoms with Gasteiger partial charge in [0.15, 0.2) is 0 Å². The number of allylic oxidation sites excluding steroid dienone is 2. The fraction of sp³-hybridized carbons (Fsp3) is 0.444. The number of hydrogen-bond acceptors (Lipinski definition) is 3. The first-order valence-corrected chi connectivity index (χ1v) is 7.97. The minimum Gasteiger partial charge on any atom is -0.495 e. The molecule has 1 aromatic rings. The van der Waals surface area contributed by atoms with E-state index in [9.17, 15) is 14.7 Å². The van der Waals surface area contributed by atoms with Crippen molar-refractivity contribution >= 4 is 17.6 Å². The summed E-state index contributed by atoms with van der Waals surface area (Å²) in [6, 6.07) is 7.18. The number of ether oxygens (including phenoxy) is 1. The lowest BCUT2D eigenvalue weighted by Crippen LogP contribution is -2.48. The third-order valence-electron chi connectivity index (χ3n) is 5.60. The molecule has 4 aliphatic rings. The average Bonchev–Trinajstić information content (AvgIpc) is 3.36. The van der Waals surface area contributed by atoms with E-state index < -0.39 is 17.8 Å². The van der Waals surface area contributed by atoms with Crippen LogP contribution < -0.4 is 10.1 Å². The second-order valence-corrected chi connectivity index (χ2v) is 6.68. The van der Waals surface area contributed by atoms with E-state index in [2.05, 4.69) is 11.4 Å². The summed E-state index contributed by atoms with van der Waals surface area (Å²) in [6.45, 7) is 0. The van der Waals surface area contributed by atoms with Crippen LogP contribution in [0.25, 0.3) is 0 Å². The zero-order valence-electron chi connectivity index (χ0n) is 12.8. The number of nitrogens with one attached hydrogen (secondary N) is 1. The number of aliphatic carboxylic acids is 1. The molecule has 4 aliphatic carbocycles. The molecule has 0 radical (unpaired) electrons. The number of carboxylic acid groups (broad SMARTS) is 1. The summed E-state index contributed by atoms with van der Waals surface area (Å²) in [6.07, 6.45) is 5.12. The van der Waals surface area contributed by atoms with Crippen molar-refractivity contribution in [2.75, 3.05) is 12.4 Å². The second-order valence-electron chi connectivity index (χ2n) is 6.68. The Morgan fingerprint density at radius 1 is 1.13 bits per heavy atom. The zero-order chi connectivity index (χ0) is 16.1. The number of carbonyl (C=O) groups is 2. The highest BCUT2D eigenvalue weighted by Crippen LogP contribution is 2.63. The molecule has 0 unspecified atom stereocenters. The highest BCUT2D eigenvalue weighted by atomic mass is 16.5. The van der Waals surface area contributed by atoms with Crippen LogP contribution in [0, 0.1) is 35.5 Å². The quantitative estimate of drug-likeness (QED) is 0.837. The van der Waals surface area contributed by atoms with Crippen molar-refractivity contribution in [2.45, 2.75) is 6.42 Å². The van der Waals surface area contributed by atoms with Crippen molar-refractivity contribution in [3.63, 3.8) is 0 Å². The summed E-state index contributed by atoms with van der Waals surface area (Å²) in [7, 11) is 1.55. The number of amides is 1. The molecule has 0 saturated heterocycles. The molecule has 0 heterocycles. The Kier molecular flexibility index (Phi) is 3.18. The molecule has 0 aliphatic heterocycles. The first-order chi connectivity index (χ1) is 11.1. The summed E-state index contributed by atoms with van der Waals surface area (Å²) >= 11 is 0. The Morgan fingerprint density at radius 3 is 2.43 bits per heavy atom. The number of fused-ring (bicyclic) bond motifs is 1. The van der Waals surface area contributed by atoms with Gasteiger partial charge in [-0.2, -0.15) is 0 Å². The third-order valence-corrected chi connectivity index (χ3v) is 5.60. The molecule has 0 aromatic heterocycles. The minimum atomic E-state index is -0.866. The van der Waals surface area contributed by atoms with Gasteiger partial charge >= 0.3 is 5.97 Å². The molecule has 2 bridgehead atoms. The van der Waals surface area contributed by atoms with Crippen LogP contribution in [0.3, 0.4) is 0 Å². The van der Waals surface area contributed by atoms with Gasteiger partial charge < -0.3 is 15.2 Å². The van der Waals surface area contributed by atoms with Crippen LogP contribution >= 0.6 is 0 Å². The van der Waals surface area contributed by atoms with Crippen LogP contribution in [-0.4, -0.2) is 24.1 Å². The van der Waals surface area contributed by atoms with E-state index >= 15 is 0 Å². The molecule has 120 valence electrons. The molecule has 23 heavy (non-hydrogen) atoms. The predicted molar refractivity (Wildman–Crippen MR) is 84.0 cm³/mol. The van der Waals surface area contributed by atoms with Crippen LogP contribution in [0.1, 0.15) is 6.42 Å². The molecule has 6 atom stereocenters. The van der Waals surface area contributed by atoms with Crippen molar-refractivity contribution in [1.82, 2.24) is 0 Å². The van der Waals surface area contributed by atoms with E-state index in [1.807, 2.05) is 18.2 Å². The predicted octanol–water partition coefficient (Wildman–Crippen LogP) is 2.40. The lowest BCUT2D eigenvalue weighted by atomic mass is 9.62. The third kappa shape index (κ3) is 2.14. The molecule has 5 heteroatoms. The summed E-state index contributed by atoms with van der Waals surface area (Å²) in [5.41, 5.74) is 0.585. The van der Waals surface area contributed by atoms with Gasteiger partial charge in [0.2, 0.25) is 5.91 Å². The van der Waals surface area contributed by atoms with Crippen molar-refractivity contribution in [2.24, 2.45) is 35.5 Å². The van der Waals surface area contributed by atoms with Gasteiger partial charge in [0, 0.05) is 0 Å². The fourth-order valence-corrected chi connectivity index (χ4v) is 4.53. The van der Waals surface area contributed by atoms with E-state index in [-0.39, 0.29) is 17.7 Å². The minimum absolute atomic E-state index is 0.00378. The number of carbonyl (C=O) groups excluding carboxylic acids is 1. The summed E-state index contributed by atoms with van der Waals surface area (Å²) in [5.74, 6) is -0.651. The van der Waals surface area contributed by atoms with Crippen LogP contribution in [0.4, 0.5) is 5.69 Å².